The van der Waals surface area contributed by atoms with E-state index < -0.39 is 18.1 Å². The average Bonchev–Trinajstić information content (AvgIpc) is 2.28. The zero-order chi connectivity index (χ0) is 13.0. The van der Waals surface area contributed by atoms with Gasteiger partial charge < -0.3 is 4.74 Å². The molecule has 0 atom stereocenters. The molecular weight excluding hydrogens is 364 g/mol. The Kier molecular flexibility index (Phi) is 5.45. The smallest absolute Gasteiger partial charge is 0.356 e. The molecule has 7 heteroatoms. The van der Waals surface area contributed by atoms with Gasteiger partial charge in [-0.2, -0.15) is 0 Å². The van der Waals surface area contributed by atoms with Crippen LogP contribution in [0.25, 0.3) is 0 Å². The lowest BCUT2D eigenvalue weighted by Crippen LogP contribution is -2.10. The van der Waals surface area contributed by atoms with Gasteiger partial charge in [-0.15, -0.1) is 0 Å². The maximum Gasteiger partial charge on any atom is 0.356 e. The van der Waals surface area contributed by atoms with E-state index in [1.807, 2.05) is 0 Å². The summed E-state index contributed by atoms with van der Waals surface area (Å²) in [6, 6.07) is 1.38. The molecule has 0 aliphatic rings. The van der Waals surface area contributed by atoms with Gasteiger partial charge in [0.2, 0.25) is 0 Å². The molecule has 0 radical (unpaired) electrons. The number of aromatic nitrogens is 1. The van der Waals surface area contributed by atoms with Gasteiger partial charge in [-0.3, -0.25) is 0 Å². The van der Waals surface area contributed by atoms with Gasteiger partial charge in [0.05, 0.1) is 6.61 Å². The minimum atomic E-state index is -2.74. The van der Waals surface area contributed by atoms with Crippen LogP contribution in [0.4, 0.5) is 8.78 Å². The van der Waals surface area contributed by atoms with Crippen molar-refractivity contribution in [1.82, 2.24) is 4.98 Å². The fraction of sp³-hybridized carbons (Fsp3) is 0.400. The van der Waals surface area contributed by atoms with Gasteiger partial charge in [0, 0.05) is 15.4 Å². The van der Waals surface area contributed by atoms with E-state index in [0.717, 1.165) is 0 Å². The molecule has 0 saturated carbocycles. The monoisotopic (exact) mass is 371 g/mol. The number of nitrogens with zero attached hydrogens (tertiary/aromatic N) is 1. The third-order valence-corrected chi connectivity index (χ3v) is 3.19. The number of pyridine rings is 1. The van der Waals surface area contributed by atoms with Gasteiger partial charge >= 0.3 is 5.97 Å². The molecule has 94 valence electrons. The van der Waals surface area contributed by atoms with Crippen LogP contribution in [-0.2, 0) is 10.1 Å². The van der Waals surface area contributed by atoms with Crippen LogP contribution in [0, 0.1) is 0 Å². The molecule has 0 amide bonds. The van der Waals surface area contributed by atoms with Crippen LogP contribution in [0.3, 0.4) is 0 Å². The molecule has 1 aromatic heterocycles. The standard InChI is InChI=1S/C10H9Br2F2NO2/c1-2-17-10(16)7-3-6(12)5(4-11)8(15-7)9(13)14/h3,9H,2,4H2,1H3. The highest BCUT2D eigenvalue weighted by Crippen LogP contribution is 2.29. The molecule has 0 N–H and O–H groups in total. The first-order valence-corrected chi connectivity index (χ1v) is 6.63. The lowest BCUT2D eigenvalue weighted by atomic mass is 10.2. The Hall–Kier alpha value is -0.560. The van der Waals surface area contributed by atoms with Crippen LogP contribution in [-0.4, -0.2) is 17.6 Å². The summed E-state index contributed by atoms with van der Waals surface area (Å²) >= 11 is 6.24. The number of carbonyl (C=O) groups is 1. The third-order valence-electron chi connectivity index (χ3n) is 1.93. The van der Waals surface area contributed by atoms with Crippen molar-refractivity contribution in [2.75, 3.05) is 6.61 Å². The molecule has 0 spiro atoms. The minimum Gasteiger partial charge on any atom is -0.461 e. The highest BCUT2D eigenvalue weighted by molar-refractivity contribution is 9.10. The quantitative estimate of drug-likeness (QED) is 0.595. The minimum absolute atomic E-state index is 0.126. The van der Waals surface area contributed by atoms with Gasteiger partial charge in [0.25, 0.3) is 6.43 Å². The number of ether oxygens (including phenoxy) is 1. The fourth-order valence-corrected chi connectivity index (χ4v) is 2.71. The summed E-state index contributed by atoms with van der Waals surface area (Å²) in [5.41, 5.74) is -0.217. The number of esters is 1. The molecular formula is C10H9Br2F2NO2. The Morgan fingerprint density at radius 2 is 2.24 bits per heavy atom. The van der Waals surface area contributed by atoms with E-state index in [-0.39, 0.29) is 17.6 Å². The van der Waals surface area contributed by atoms with Crippen molar-refractivity contribution < 1.29 is 18.3 Å². The molecule has 0 unspecified atom stereocenters. The van der Waals surface area contributed by atoms with Crippen molar-refractivity contribution in [3.05, 3.63) is 27.5 Å². The zero-order valence-corrected chi connectivity index (χ0v) is 12.0. The van der Waals surface area contributed by atoms with Crippen molar-refractivity contribution in [3.63, 3.8) is 0 Å². The second-order valence-corrected chi connectivity index (χ2v) is 4.42. The summed E-state index contributed by atoms with van der Waals surface area (Å²) in [5, 5.41) is 0.226. The molecule has 17 heavy (non-hydrogen) atoms. The van der Waals surface area contributed by atoms with Gasteiger partial charge in [-0.1, -0.05) is 31.9 Å². The Labute approximate surface area is 114 Å². The summed E-state index contributed by atoms with van der Waals surface area (Å²) in [6.45, 7) is 1.80. The Balaban J connectivity index is 3.24. The lowest BCUT2D eigenvalue weighted by Gasteiger charge is -2.10. The molecule has 0 aliphatic carbocycles. The van der Waals surface area contributed by atoms with E-state index in [2.05, 4.69) is 36.8 Å². The number of alkyl halides is 3. The van der Waals surface area contributed by atoms with Crippen molar-refractivity contribution in [3.8, 4) is 0 Å². The Morgan fingerprint density at radius 3 is 2.71 bits per heavy atom. The predicted molar refractivity (Wildman–Crippen MR) is 65.5 cm³/mol. The lowest BCUT2D eigenvalue weighted by molar-refractivity contribution is 0.0517. The van der Waals surface area contributed by atoms with E-state index in [9.17, 15) is 13.6 Å². The van der Waals surface area contributed by atoms with Crippen molar-refractivity contribution in [1.29, 1.82) is 0 Å². The third kappa shape index (κ3) is 3.45. The SMILES string of the molecule is CCOC(=O)c1cc(Br)c(CBr)c(C(F)F)n1. The van der Waals surface area contributed by atoms with E-state index in [0.29, 0.717) is 10.0 Å². The summed E-state index contributed by atoms with van der Waals surface area (Å²) in [5.74, 6) is -0.712. The molecule has 1 aromatic rings. The topological polar surface area (TPSA) is 39.2 Å². The molecule has 1 heterocycles. The van der Waals surface area contributed by atoms with Crippen LogP contribution >= 0.6 is 31.9 Å². The zero-order valence-electron chi connectivity index (χ0n) is 8.84. The maximum atomic E-state index is 12.8. The summed E-state index contributed by atoms with van der Waals surface area (Å²) in [4.78, 5) is 15.0. The highest BCUT2D eigenvalue weighted by Gasteiger charge is 2.21. The molecule has 0 aliphatic heterocycles. The van der Waals surface area contributed by atoms with E-state index >= 15 is 0 Å². The molecule has 0 saturated heterocycles. The Morgan fingerprint density at radius 1 is 1.59 bits per heavy atom. The molecule has 0 aromatic carbocycles. The summed E-state index contributed by atoms with van der Waals surface area (Å²) < 4.78 is 30.7. The molecule has 3 nitrogen and oxygen atoms in total. The van der Waals surface area contributed by atoms with E-state index in [1.165, 1.54) is 6.07 Å². The molecule has 0 bridgehead atoms. The highest BCUT2D eigenvalue weighted by atomic mass is 79.9. The second-order valence-electron chi connectivity index (χ2n) is 3.01. The first-order chi connectivity index (χ1) is 8.01. The van der Waals surface area contributed by atoms with Crippen LogP contribution in [0.15, 0.2) is 10.5 Å². The maximum absolute atomic E-state index is 12.8. The first-order valence-electron chi connectivity index (χ1n) is 4.71. The van der Waals surface area contributed by atoms with Crippen LogP contribution in [0.5, 0.6) is 0 Å². The molecule has 1 rings (SSSR count). The number of rotatable bonds is 4. The Bertz CT molecular complexity index is 427. The average molecular weight is 373 g/mol. The van der Waals surface area contributed by atoms with Gasteiger partial charge in [-0.05, 0) is 13.0 Å². The van der Waals surface area contributed by atoms with Crippen molar-refractivity contribution in [2.45, 2.75) is 18.7 Å². The van der Waals surface area contributed by atoms with Crippen molar-refractivity contribution >= 4 is 37.8 Å². The second kappa shape index (κ2) is 6.39. The fourth-order valence-electron chi connectivity index (χ4n) is 1.18. The normalized spacial score (nSPS) is 10.7. The van der Waals surface area contributed by atoms with E-state index in [4.69, 9.17) is 4.74 Å². The van der Waals surface area contributed by atoms with Crippen molar-refractivity contribution in [2.24, 2.45) is 0 Å². The van der Waals surface area contributed by atoms with E-state index in [1.54, 1.807) is 6.92 Å². The largest absolute Gasteiger partial charge is 0.461 e. The van der Waals surface area contributed by atoms with Crippen LogP contribution < -0.4 is 0 Å². The number of carbonyl (C=O) groups excluding carboxylic acids is 1. The number of halogens is 4. The van der Waals surface area contributed by atoms with Gasteiger partial charge in [-0.25, -0.2) is 18.6 Å². The first kappa shape index (κ1) is 14.5. The van der Waals surface area contributed by atoms with Gasteiger partial charge in [0.1, 0.15) is 11.4 Å². The van der Waals surface area contributed by atoms with Gasteiger partial charge in [0.15, 0.2) is 0 Å². The van der Waals surface area contributed by atoms with Crippen LogP contribution in [0.2, 0.25) is 0 Å². The van der Waals surface area contributed by atoms with Crippen LogP contribution in [0.1, 0.15) is 35.1 Å². The summed E-state index contributed by atoms with van der Waals surface area (Å²) in [6.07, 6.45) is -2.74. The predicted octanol–water partition coefficient (Wildman–Crippen LogP) is 3.85. The number of hydrogen-bond acceptors (Lipinski definition) is 3. The molecule has 0 fully saturated rings. The summed E-state index contributed by atoms with van der Waals surface area (Å²) in [7, 11) is 0. The number of hydrogen-bond donors (Lipinski definition) is 0.